The SMILES string of the molecule is O=C(Cc1ccc(S(=O)(=O)N2CCCCC2)cc1)Nc1ccc(C(=O)Nc2nccs2)cc1. The van der Waals surface area contributed by atoms with Crippen LogP contribution in [0.4, 0.5) is 10.8 Å². The molecule has 0 bridgehead atoms. The molecule has 4 rings (SSSR count). The number of anilines is 2. The number of carbonyl (C=O) groups is 2. The summed E-state index contributed by atoms with van der Waals surface area (Å²) in [7, 11) is -3.49. The van der Waals surface area contributed by atoms with Gasteiger partial charge in [0.1, 0.15) is 0 Å². The van der Waals surface area contributed by atoms with E-state index >= 15 is 0 Å². The van der Waals surface area contributed by atoms with E-state index in [-0.39, 0.29) is 23.1 Å². The van der Waals surface area contributed by atoms with Gasteiger partial charge in [-0.15, -0.1) is 11.3 Å². The minimum Gasteiger partial charge on any atom is -0.326 e. The van der Waals surface area contributed by atoms with E-state index in [1.807, 2.05) is 0 Å². The maximum Gasteiger partial charge on any atom is 0.257 e. The third-order valence-electron chi connectivity index (χ3n) is 5.32. The highest BCUT2D eigenvalue weighted by atomic mass is 32.2. The van der Waals surface area contributed by atoms with Crippen molar-refractivity contribution in [3.63, 3.8) is 0 Å². The standard InChI is InChI=1S/C23H24N4O4S2/c28-21(25-19-8-6-18(7-9-19)22(29)26-23-24-12-15-32-23)16-17-4-10-20(11-5-17)33(30,31)27-13-2-1-3-14-27/h4-12,15H,1-3,13-14,16H2,(H,25,28)(H,24,26,29). The smallest absolute Gasteiger partial charge is 0.257 e. The van der Waals surface area contributed by atoms with Gasteiger partial charge in [0.25, 0.3) is 5.91 Å². The number of hydrogen-bond donors (Lipinski definition) is 2. The summed E-state index contributed by atoms with van der Waals surface area (Å²) in [5.74, 6) is -0.510. The Hall–Kier alpha value is -3.08. The van der Waals surface area contributed by atoms with Gasteiger partial charge in [0, 0.05) is 35.9 Å². The summed E-state index contributed by atoms with van der Waals surface area (Å²) in [6, 6.07) is 13.0. The summed E-state index contributed by atoms with van der Waals surface area (Å²) >= 11 is 1.33. The number of aromatic nitrogens is 1. The number of nitrogens with one attached hydrogen (secondary N) is 2. The van der Waals surface area contributed by atoms with Gasteiger partial charge in [-0.2, -0.15) is 4.31 Å². The third kappa shape index (κ3) is 5.84. The Kier molecular flexibility index (Phi) is 7.17. The lowest BCUT2D eigenvalue weighted by molar-refractivity contribution is -0.115. The minimum absolute atomic E-state index is 0.107. The Labute approximate surface area is 196 Å². The number of carbonyl (C=O) groups excluding carboxylic acids is 2. The predicted octanol–water partition coefficient (Wildman–Crippen LogP) is 3.75. The number of nitrogens with zero attached hydrogens (tertiary/aromatic N) is 2. The van der Waals surface area contributed by atoms with Gasteiger partial charge in [0.2, 0.25) is 15.9 Å². The molecule has 0 aliphatic carbocycles. The summed E-state index contributed by atoms with van der Waals surface area (Å²) in [6.45, 7) is 1.11. The lowest BCUT2D eigenvalue weighted by Gasteiger charge is -2.25. The molecule has 2 N–H and O–H groups in total. The Balaban J connectivity index is 1.32. The average Bonchev–Trinajstić information content (AvgIpc) is 3.33. The van der Waals surface area contributed by atoms with Gasteiger partial charge < -0.3 is 5.32 Å². The molecule has 0 atom stereocenters. The zero-order chi connectivity index (χ0) is 23.3. The quantitative estimate of drug-likeness (QED) is 0.531. The maximum absolute atomic E-state index is 12.7. The van der Waals surface area contributed by atoms with Crippen LogP contribution in [0.3, 0.4) is 0 Å². The second-order valence-electron chi connectivity index (χ2n) is 7.70. The Bertz CT molecular complexity index is 1200. The molecule has 2 amide bonds. The molecular weight excluding hydrogens is 460 g/mol. The normalized spacial score (nSPS) is 14.5. The summed E-state index contributed by atoms with van der Waals surface area (Å²) in [5, 5.41) is 7.79. The van der Waals surface area contributed by atoms with Crippen molar-refractivity contribution in [2.24, 2.45) is 0 Å². The van der Waals surface area contributed by atoms with E-state index < -0.39 is 10.0 Å². The molecular formula is C23H24N4O4S2. The maximum atomic E-state index is 12.7. The molecule has 0 saturated carbocycles. The van der Waals surface area contributed by atoms with Crippen molar-refractivity contribution < 1.29 is 18.0 Å². The number of hydrogen-bond acceptors (Lipinski definition) is 6. The number of amides is 2. The number of piperidine rings is 1. The van der Waals surface area contributed by atoms with E-state index in [1.165, 1.54) is 15.6 Å². The molecule has 3 aromatic rings. The molecule has 8 nitrogen and oxygen atoms in total. The molecule has 1 saturated heterocycles. The van der Waals surface area contributed by atoms with Gasteiger partial charge in [0.05, 0.1) is 11.3 Å². The van der Waals surface area contributed by atoms with E-state index in [2.05, 4.69) is 15.6 Å². The van der Waals surface area contributed by atoms with Crippen molar-refractivity contribution >= 4 is 44.0 Å². The van der Waals surface area contributed by atoms with Crippen LogP contribution in [-0.2, 0) is 21.2 Å². The van der Waals surface area contributed by atoms with Gasteiger partial charge in [0.15, 0.2) is 5.13 Å². The largest absolute Gasteiger partial charge is 0.326 e. The number of thiazole rings is 1. The Morgan fingerprint density at radius 2 is 1.64 bits per heavy atom. The summed E-state index contributed by atoms with van der Waals surface area (Å²) in [5.41, 5.74) is 1.73. The van der Waals surface area contributed by atoms with E-state index in [4.69, 9.17) is 0 Å². The molecule has 172 valence electrons. The second-order valence-corrected chi connectivity index (χ2v) is 10.5. The lowest BCUT2D eigenvalue weighted by atomic mass is 10.1. The summed E-state index contributed by atoms with van der Waals surface area (Å²) in [6.07, 6.45) is 4.54. The molecule has 0 unspecified atom stereocenters. The molecule has 1 aromatic heterocycles. The lowest BCUT2D eigenvalue weighted by Crippen LogP contribution is -2.35. The van der Waals surface area contributed by atoms with Crippen LogP contribution in [0, 0.1) is 0 Å². The van der Waals surface area contributed by atoms with Gasteiger partial charge in [-0.3, -0.25) is 14.9 Å². The predicted molar refractivity (Wildman–Crippen MR) is 128 cm³/mol. The first kappa shape index (κ1) is 23.1. The zero-order valence-electron chi connectivity index (χ0n) is 17.9. The van der Waals surface area contributed by atoms with Crippen molar-refractivity contribution in [3.8, 4) is 0 Å². The molecule has 1 aliphatic rings. The average molecular weight is 485 g/mol. The van der Waals surface area contributed by atoms with E-state index in [1.54, 1.807) is 60.1 Å². The molecule has 0 spiro atoms. The fourth-order valence-corrected chi connectivity index (χ4v) is 5.62. The van der Waals surface area contributed by atoms with Crippen molar-refractivity contribution in [2.45, 2.75) is 30.6 Å². The number of benzene rings is 2. The molecule has 2 heterocycles. The highest BCUT2D eigenvalue weighted by Gasteiger charge is 2.25. The summed E-state index contributed by atoms with van der Waals surface area (Å²) < 4.78 is 27.0. The van der Waals surface area contributed by atoms with Crippen LogP contribution in [0.25, 0.3) is 0 Å². The molecule has 1 aliphatic heterocycles. The van der Waals surface area contributed by atoms with Crippen LogP contribution >= 0.6 is 11.3 Å². The first-order valence-electron chi connectivity index (χ1n) is 10.6. The van der Waals surface area contributed by atoms with E-state index in [9.17, 15) is 18.0 Å². The van der Waals surface area contributed by atoms with Gasteiger partial charge in [-0.05, 0) is 54.8 Å². The topological polar surface area (TPSA) is 108 Å². The van der Waals surface area contributed by atoms with Crippen molar-refractivity contribution in [1.82, 2.24) is 9.29 Å². The van der Waals surface area contributed by atoms with Crippen LogP contribution < -0.4 is 10.6 Å². The van der Waals surface area contributed by atoms with Crippen LogP contribution in [0.2, 0.25) is 0 Å². The molecule has 1 fully saturated rings. The monoisotopic (exact) mass is 484 g/mol. The van der Waals surface area contributed by atoms with E-state index in [0.29, 0.717) is 35.0 Å². The van der Waals surface area contributed by atoms with Crippen LogP contribution in [0.15, 0.2) is 65.0 Å². The molecule has 33 heavy (non-hydrogen) atoms. The van der Waals surface area contributed by atoms with E-state index in [0.717, 1.165) is 19.3 Å². The minimum atomic E-state index is -3.49. The van der Waals surface area contributed by atoms with Crippen molar-refractivity contribution in [3.05, 3.63) is 71.2 Å². The summed E-state index contributed by atoms with van der Waals surface area (Å²) in [4.78, 5) is 28.9. The van der Waals surface area contributed by atoms with Crippen molar-refractivity contribution in [1.29, 1.82) is 0 Å². The fourth-order valence-electron chi connectivity index (χ4n) is 3.58. The van der Waals surface area contributed by atoms with Crippen LogP contribution in [0.1, 0.15) is 35.2 Å². The first-order chi connectivity index (χ1) is 15.9. The number of rotatable bonds is 7. The van der Waals surface area contributed by atoms with Gasteiger partial charge in [-0.25, -0.2) is 13.4 Å². The molecule has 2 aromatic carbocycles. The van der Waals surface area contributed by atoms with Gasteiger partial charge in [-0.1, -0.05) is 18.6 Å². The van der Waals surface area contributed by atoms with Crippen LogP contribution in [0.5, 0.6) is 0 Å². The molecule has 10 heteroatoms. The fraction of sp³-hybridized carbons (Fsp3) is 0.261. The highest BCUT2D eigenvalue weighted by molar-refractivity contribution is 7.89. The zero-order valence-corrected chi connectivity index (χ0v) is 19.5. The highest BCUT2D eigenvalue weighted by Crippen LogP contribution is 2.21. The Morgan fingerprint density at radius 1 is 0.939 bits per heavy atom. The van der Waals surface area contributed by atoms with Crippen molar-refractivity contribution in [2.75, 3.05) is 23.7 Å². The molecule has 0 radical (unpaired) electrons. The van der Waals surface area contributed by atoms with Gasteiger partial charge >= 0.3 is 0 Å². The second kappa shape index (κ2) is 10.2. The first-order valence-corrected chi connectivity index (χ1v) is 12.9. The number of sulfonamides is 1. The van der Waals surface area contributed by atoms with Crippen LogP contribution in [-0.4, -0.2) is 42.6 Å². The Morgan fingerprint density at radius 3 is 2.27 bits per heavy atom. The third-order valence-corrected chi connectivity index (χ3v) is 7.93.